The number of terminal acetylenes is 1. The molecule has 0 aliphatic carbocycles. The average molecular weight is 292 g/mol. The highest BCUT2D eigenvalue weighted by Gasteiger charge is 2.35. The third-order valence-electron chi connectivity index (χ3n) is 2.91. The first-order chi connectivity index (χ1) is 9.50. The van der Waals surface area contributed by atoms with Crippen molar-refractivity contribution in [3.8, 4) is 23.5 Å². The molecule has 0 atom stereocenters. The molecular formula is C14H7F3N2S. The fourth-order valence-corrected chi connectivity index (χ4v) is 2.82. The van der Waals surface area contributed by atoms with Gasteiger partial charge in [0.05, 0.1) is 0 Å². The van der Waals surface area contributed by atoms with Crippen molar-refractivity contribution in [2.45, 2.75) is 6.18 Å². The smallest absolute Gasteiger partial charge is 0.346 e. The molecule has 1 N–H and O–H groups in total. The maximum absolute atomic E-state index is 13.0. The number of H-pyrrole nitrogens is 1. The number of pyridine rings is 1. The van der Waals surface area contributed by atoms with Gasteiger partial charge >= 0.3 is 6.18 Å². The number of thiophene rings is 1. The number of nitrogens with zero attached hydrogens (tertiary/aromatic N) is 1. The summed E-state index contributed by atoms with van der Waals surface area (Å²) in [6.07, 6.45) is 3.95. The van der Waals surface area contributed by atoms with Crippen molar-refractivity contribution in [1.29, 1.82) is 0 Å². The zero-order valence-electron chi connectivity index (χ0n) is 9.95. The maximum atomic E-state index is 13.0. The van der Waals surface area contributed by atoms with Gasteiger partial charge in [0.1, 0.15) is 10.5 Å². The minimum absolute atomic E-state index is 0.143. The Kier molecular flexibility index (Phi) is 2.80. The Labute approximate surface area is 116 Å². The van der Waals surface area contributed by atoms with Crippen molar-refractivity contribution in [3.05, 3.63) is 40.3 Å². The predicted octanol–water partition coefficient (Wildman–Crippen LogP) is 4.29. The van der Waals surface area contributed by atoms with Crippen LogP contribution in [0.2, 0.25) is 0 Å². The second-order valence-electron chi connectivity index (χ2n) is 4.13. The van der Waals surface area contributed by atoms with E-state index in [9.17, 15) is 13.2 Å². The van der Waals surface area contributed by atoms with Crippen LogP contribution in [0.4, 0.5) is 13.2 Å². The molecular weight excluding hydrogens is 285 g/mol. The number of aromatic amines is 1. The van der Waals surface area contributed by atoms with Crippen LogP contribution in [0.15, 0.2) is 29.9 Å². The standard InChI is InChI=1S/C14H7F3N2S/c1-2-8-5-10-11(7-19-13(10)18-6-8)9-3-4-20-12(9)14(15,16)17/h1,3-7H,(H,18,19). The molecule has 0 fully saturated rings. The predicted molar refractivity (Wildman–Crippen MR) is 72.3 cm³/mol. The van der Waals surface area contributed by atoms with Crippen LogP contribution in [0.1, 0.15) is 10.4 Å². The van der Waals surface area contributed by atoms with Crippen molar-refractivity contribution in [1.82, 2.24) is 9.97 Å². The molecule has 0 aliphatic rings. The van der Waals surface area contributed by atoms with Gasteiger partial charge in [-0.05, 0) is 17.5 Å². The second kappa shape index (κ2) is 4.39. The van der Waals surface area contributed by atoms with Gasteiger partial charge in [-0.3, -0.25) is 0 Å². The molecule has 0 saturated carbocycles. The average Bonchev–Trinajstić information content (AvgIpc) is 3.02. The van der Waals surface area contributed by atoms with Crippen LogP contribution in [-0.2, 0) is 6.18 Å². The largest absolute Gasteiger partial charge is 0.426 e. The van der Waals surface area contributed by atoms with Gasteiger partial charge in [0.15, 0.2) is 0 Å². The fourth-order valence-electron chi connectivity index (χ4n) is 2.05. The monoisotopic (exact) mass is 292 g/mol. The normalized spacial score (nSPS) is 11.7. The van der Waals surface area contributed by atoms with Crippen molar-refractivity contribution in [2.75, 3.05) is 0 Å². The van der Waals surface area contributed by atoms with Crippen LogP contribution in [0.5, 0.6) is 0 Å². The molecule has 0 spiro atoms. The molecule has 3 heterocycles. The Morgan fingerprint density at radius 3 is 2.80 bits per heavy atom. The van der Waals surface area contributed by atoms with Crippen LogP contribution >= 0.6 is 11.3 Å². The van der Waals surface area contributed by atoms with Gasteiger partial charge in [0.2, 0.25) is 0 Å². The Balaban J connectivity index is 2.26. The van der Waals surface area contributed by atoms with Gasteiger partial charge in [-0.15, -0.1) is 17.8 Å². The molecule has 0 unspecified atom stereocenters. The molecule has 2 nitrogen and oxygen atoms in total. The van der Waals surface area contributed by atoms with Crippen molar-refractivity contribution in [2.24, 2.45) is 0 Å². The molecule has 0 amide bonds. The number of rotatable bonds is 1. The summed E-state index contributed by atoms with van der Waals surface area (Å²) < 4.78 is 38.9. The van der Waals surface area contributed by atoms with E-state index in [1.807, 2.05) is 0 Å². The van der Waals surface area contributed by atoms with Gasteiger partial charge in [0.25, 0.3) is 0 Å². The summed E-state index contributed by atoms with van der Waals surface area (Å²) >= 11 is 0.674. The summed E-state index contributed by atoms with van der Waals surface area (Å²) in [6, 6.07) is 3.12. The van der Waals surface area contributed by atoms with Crippen LogP contribution < -0.4 is 0 Å². The van der Waals surface area contributed by atoms with E-state index in [2.05, 4.69) is 15.9 Å². The lowest BCUT2D eigenvalue weighted by molar-refractivity contribution is -0.133. The van der Waals surface area contributed by atoms with E-state index < -0.39 is 11.1 Å². The van der Waals surface area contributed by atoms with E-state index in [0.717, 1.165) is 0 Å². The minimum atomic E-state index is -4.37. The number of nitrogens with one attached hydrogen (secondary N) is 1. The number of fused-ring (bicyclic) bond motifs is 1. The first-order valence-corrected chi connectivity index (χ1v) is 6.47. The molecule has 0 radical (unpaired) electrons. The SMILES string of the molecule is C#Cc1cnc2[nH]cc(-c3ccsc3C(F)(F)F)c2c1. The lowest BCUT2D eigenvalue weighted by Crippen LogP contribution is -2.03. The Hall–Kier alpha value is -2.26. The first kappa shape index (κ1) is 12.8. The first-order valence-electron chi connectivity index (χ1n) is 5.59. The van der Waals surface area contributed by atoms with Gasteiger partial charge < -0.3 is 4.98 Å². The lowest BCUT2D eigenvalue weighted by Gasteiger charge is -2.06. The summed E-state index contributed by atoms with van der Waals surface area (Å²) in [7, 11) is 0. The molecule has 0 saturated heterocycles. The van der Waals surface area contributed by atoms with Gasteiger partial charge in [0, 0.05) is 34.5 Å². The molecule has 3 aromatic rings. The molecule has 3 aromatic heterocycles. The van der Waals surface area contributed by atoms with Crippen LogP contribution in [-0.4, -0.2) is 9.97 Å². The third kappa shape index (κ3) is 1.96. The summed E-state index contributed by atoms with van der Waals surface area (Å²) in [5.41, 5.74) is 1.64. The number of halogens is 3. The Morgan fingerprint density at radius 1 is 1.30 bits per heavy atom. The third-order valence-corrected chi connectivity index (χ3v) is 3.87. The minimum Gasteiger partial charge on any atom is -0.346 e. The highest BCUT2D eigenvalue weighted by molar-refractivity contribution is 7.10. The van der Waals surface area contributed by atoms with E-state index in [0.29, 0.717) is 33.5 Å². The van der Waals surface area contributed by atoms with Gasteiger partial charge in [-0.25, -0.2) is 4.98 Å². The summed E-state index contributed by atoms with van der Waals surface area (Å²) in [5, 5.41) is 2.01. The molecule has 100 valence electrons. The number of hydrogen-bond donors (Lipinski definition) is 1. The summed E-state index contributed by atoms with van der Waals surface area (Å²) in [4.78, 5) is 6.34. The maximum Gasteiger partial charge on any atom is 0.426 e. The van der Waals surface area contributed by atoms with E-state index in [4.69, 9.17) is 6.42 Å². The highest BCUT2D eigenvalue weighted by Crippen LogP contribution is 2.42. The molecule has 0 aromatic carbocycles. The molecule has 6 heteroatoms. The topological polar surface area (TPSA) is 28.7 Å². The van der Waals surface area contributed by atoms with E-state index >= 15 is 0 Å². The van der Waals surface area contributed by atoms with Crippen LogP contribution in [0.25, 0.3) is 22.2 Å². The van der Waals surface area contributed by atoms with Crippen molar-refractivity contribution in [3.63, 3.8) is 0 Å². The van der Waals surface area contributed by atoms with Crippen molar-refractivity contribution < 1.29 is 13.2 Å². The van der Waals surface area contributed by atoms with Crippen molar-refractivity contribution >= 4 is 22.4 Å². The van der Waals surface area contributed by atoms with Gasteiger partial charge in [-0.1, -0.05) is 5.92 Å². The Bertz CT molecular complexity index is 821. The zero-order valence-corrected chi connectivity index (χ0v) is 10.8. The lowest BCUT2D eigenvalue weighted by atomic mass is 10.1. The second-order valence-corrected chi connectivity index (χ2v) is 5.04. The fraction of sp³-hybridized carbons (Fsp3) is 0.0714. The van der Waals surface area contributed by atoms with E-state index in [-0.39, 0.29) is 5.56 Å². The number of alkyl halides is 3. The van der Waals surface area contributed by atoms with Gasteiger partial charge in [-0.2, -0.15) is 13.2 Å². The Morgan fingerprint density at radius 2 is 2.10 bits per heavy atom. The molecule has 20 heavy (non-hydrogen) atoms. The summed E-state index contributed by atoms with van der Waals surface area (Å²) in [6.45, 7) is 0. The van der Waals surface area contributed by atoms with E-state index in [1.165, 1.54) is 23.8 Å². The number of aromatic nitrogens is 2. The van der Waals surface area contributed by atoms with Crippen LogP contribution in [0, 0.1) is 12.3 Å². The highest BCUT2D eigenvalue weighted by atomic mass is 32.1. The summed E-state index contributed by atoms with van der Waals surface area (Å²) in [5.74, 6) is 2.43. The van der Waals surface area contributed by atoms with E-state index in [1.54, 1.807) is 6.07 Å². The molecule has 0 bridgehead atoms. The quantitative estimate of drug-likeness (QED) is 0.666. The number of hydrogen-bond acceptors (Lipinski definition) is 2. The molecule has 3 rings (SSSR count). The zero-order chi connectivity index (χ0) is 14.3. The molecule has 0 aliphatic heterocycles. The van der Waals surface area contributed by atoms with Crippen LogP contribution in [0.3, 0.4) is 0 Å².